The highest BCUT2D eigenvalue weighted by molar-refractivity contribution is 9.10. The molecule has 6 heteroatoms. The van der Waals surface area contributed by atoms with Gasteiger partial charge in [-0.05, 0) is 39.5 Å². The van der Waals surface area contributed by atoms with E-state index in [0.717, 1.165) is 18.4 Å². The number of carbonyl (C=O) groups is 1. The molecule has 0 bridgehead atoms. The lowest BCUT2D eigenvalue weighted by Crippen LogP contribution is -2.08. The van der Waals surface area contributed by atoms with Crippen LogP contribution in [0.15, 0.2) is 16.6 Å². The normalized spacial score (nSPS) is 12.2. The maximum atomic E-state index is 11.5. The van der Waals surface area contributed by atoms with Crippen molar-refractivity contribution >= 4 is 33.0 Å². The second-order valence-corrected chi connectivity index (χ2v) is 5.44. The third-order valence-corrected chi connectivity index (χ3v) is 3.96. The van der Waals surface area contributed by atoms with Crippen molar-refractivity contribution in [3.8, 4) is 0 Å². The molecular weight excluding hydrogens is 320 g/mol. The fourth-order valence-electron chi connectivity index (χ4n) is 1.71. The van der Waals surface area contributed by atoms with Gasteiger partial charge in [0, 0.05) is 10.2 Å². The van der Waals surface area contributed by atoms with Gasteiger partial charge in [-0.2, -0.15) is 0 Å². The van der Waals surface area contributed by atoms with Crippen LogP contribution in [0.25, 0.3) is 0 Å². The molecule has 4 nitrogen and oxygen atoms in total. The summed E-state index contributed by atoms with van der Waals surface area (Å²) in [6.07, 6.45) is 1.68. The van der Waals surface area contributed by atoms with Gasteiger partial charge in [0.05, 0.1) is 12.7 Å². The Morgan fingerprint density at radius 3 is 2.67 bits per heavy atom. The predicted molar refractivity (Wildman–Crippen MR) is 72.1 cm³/mol. The van der Waals surface area contributed by atoms with Gasteiger partial charge < -0.3 is 9.29 Å². The molecular formula is C12H14BrO4S-. The zero-order valence-electron chi connectivity index (χ0n) is 10.2. The van der Waals surface area contributed by atoms with Crippen molar-refractivity contribution in [1.29, 1.82) is 0 Å². The summed E-state index contributed by atoms with van der Waals surface area (Å²) in [5, 5.41) is 0. The van der Waals surface area contributed by atoms with Gasteiger partial charge in [0.1, 0.15) is 0 Å². The van der Waals surface area contributed by atoms with E-state index in [1.807, 2.05) is 6.92 Å². The molecule has 0 N–H and O–H groups in total. The molecule has 1 atom stereocenters. The molecule has 0 aromatic heterocycles. The number of esters is 1. The summed E-state index contributed by atoms with van der Waals surface area (Å²) >= 11 is 1.10. The molecule has 0 saturated carbocycles. The van der Waals surface area contributed by atoms with E-state index in [1.54, 1.807) is 12.1 Å². The Hall–Kier alpha value is -0.720. The molecule has 1 unspecified atom stereocenters. The fourth-order valence-corrected chi connectivity index (χ4v) is 3.15. The number of ether oxygens (including phenoxy) is 1. The van der Waals surface area contributed by atoms with Gasteiger partial charge >= 0.3 is 5.97 Å². The van der Waals surface area contributed by atoms with Crippen LogP contribution in [0.5, 0.6) is 0 Å². The van der Waals surface area contributed by atoms with Gasteiger partial charge in [-0.1, -0.05) is 30.5 Å². The van der Waals surface area contributed by atoms with E-state index in [9.17, 15) is 13.6 Å². The maximum absolute atomic E-state index is 11.5. The number of aryl methyl sites for hydroxylation is 1. The molecule has 0 aliphatic carbocycles. The Morgan fingerprint density at radius 2 is 2.17 bits per heavy atom. The number of hydrogen-bond donors (Lipinski definition) is 0. The predicted octanol–water partition coefficient (Wildman–Crippen LogP) is 2.57. The van der Waals surface area contributed by atoms with E-state index >= 15 is 0 Å². The first-order chi connectivity index (χ1) is 8.51. The van der Waals surface area contributed by atoms with Gasteiger partial charge in [-0.3, -0.25) is 4.21 Å². The number of carbonyl (C=O) groups excluding carboxylic acids is 1. The van der Waals surface area contributed by atoms with Gasteiger partial charge in [-0.25, -0.2) is 4.79 Å². The number of halogens is 1. The lowest BCUT2D eigenvalue weighted by atomic mass is 10.0. The summed E-state index contributed by atoms with van der Waals surface area (Å²) in [4.78, 5) is 11.5. The molecule has 0 radical (unpaired) electrons. The highest BCUT2D eigenvalue weighted by Gasteiger charge is 2.16. The van der Waals surface area contributed by atoms with Crippen molar-refractivity contribution in [2.24, 2.45) is 0 Å². The van der Waals surface area contributed by atoms with Crippen LogP contribution < -0.4 is 0 Å². The van der Waals surface area contributed by atoms with E-state index in [0.29, 0.717) is 15.6 Å². The van der Waals surface area contributed by atoms with E-state index in [4.69, 9.17) is 0 Å². The molecule has 1 aromatic carbocycles. The van der Waals surface area contributed by atoms with Crippen molar-refractivity contribution < 1.29 is 18.3 Å². The minimum Gasteiger partial charge on any atom is -0.772 e. The Morgan fingerprint density at radius 1 is 1.50 bits per heavy atom. The lowest BCUT2D eigenvalue weighted by molar-refractivity contribution is 0.0599. The molecule has 0 saturated heterocycles. The average molecular weight is 334 g/mol. The third kappa shape index (κ3) is 3.63. The quantitative estimate of drug-likeness (QED) is 0.613. The Labute approximate surface area is 117 Å². The van der Waals surface area contributed by atoms with Crippen LogP contribution in [0, 0.1) is 0 Å². The molecule has 100 valence electrons. The minimum atomic E-state index is -2.20. The van der Waals surface area contributed by atoms with Crippen LogP contribution in [0.4, 0.5) is 0 Å². The standard InChI is InChI=1S/C12H15BrO4S/c1-3-4-8-5-6-9(12(14)17-2)11(13)10(8)7-18(15)16/h5-6H,3-4,7H2,1-2H3,(H,15,16)/p-1. The average Bonchev–Trinajstić information content (AvgIpc) is 2.33. The maximum Gasteiger partial charge on any atom is 0.339 e. The highest BCUT2D eigenvalue weighted by atomic mass is 79.9. The Kier molecular flexibility index (Phi) is 5.98. The largest absolute Gasteiger partial charge is 0.772 e. The van der Waals surface area contributed by atoms with Gasteiger partial charge in [-0.15, -0.1) is 0 Å². The lowest BCUT2D eigenvalue weighted by Gasteiger charge is -2.15. The summed E-state index contributed by atoms with van der Waals surface area (Å²) in [6, 6.07) is 3.43. The van der Waals surface area contributed by atoms with Crippen LogP contribution in [0.2, 0.25) is 0 Å². The number of methoxy groups -OCH3 is 1. The number of benzene rings is 1. The number of rotatable bonds is 5. The van der Waals surface area contributed by atoms with Crippen molar-refractivity contribution in [1.82, 2.24) is 0 Å². The van der Waals surface area contributed by atoms with E-state index in [-0.39, 0.29) is 5.75 Å². The van der Waals surface area contributed by atoms with Gasteiger partial charge in [0.15, 0.2) is 0 Å². The molecule has 0 fully saturated rings. The zero-order chi connectivity index (χ0) is 13.7. The zero-order valence-corrected chi connectivity index (χ0v) is 12.6. The summed E-state index contributed by atoms with van der Waals surface area (Å²) in [6.45, 7) is 2.01. The first kappa shape index (κ1) is 15.3. The topological polar surface area (TPSA) is 66.4 Å². The van der Waals surface area contributed by atoms with Crippen LogP contribution in [0.1, 0.15) is 34.8 Å². The second-order valence-electron chi connectivity index (χ2n) is 3.75. The smallest absolute Gasteiger partial charge is 0.339 e. The van der Waals surface area contributed by atoms with Crippen molar-refractivity contribution in [3.63, 3.8) is 0 Å². The third-order valence-electron chi connectivity index (χ3n) is 2.53. The second kappa shape index (κ2) is 7.01. The highest BCUT2D eigenvalue weighted by Crippen LogP contribution is 2.28. The molecule has 0 heterocycles. The van der Waals surface area contributed by atoms with Crippen molar-refractivity contribution in [2.45, 2.75) is 25.5 Å². The van der Waals surface area contributed by atoms with Crippen molar-refractivity contribution in [3.05, 3.63) is 33.3 Å². The monoisotopic (exact) mass is 333 g/mol. The summed E-state index contributed by atoms with van der Waals surface area (Å²) in [5.41, 5.74) is 1.91. The molecule has 18 heavy (non-hydrogen) atoms. The Balaban J connectivity index is 3.29. The summed E-state index contributed by atoms with van der Waals surface area (Å²) < 4.78 is 26.9. The molecule has 0 aliphatic heterocycles. The molecule has 0 spiro atoms. The SMILES string of the molecule is CCCc1ccc(C(=O)OC)c(Br)c1CS(=O)[O-]. The van der Waals surface area contributed by atoms with E-state index in [1.165, 1.54) is 7.11 Å². The minimum absolute atomic E-state index is 0.110. The van der Waals surface area contributed by atoms with Crippen LogP contribution in [0.3, 0.4) is 0 Å². The molecule has 1 aromatic rings. The fraction of sp³-hybridized carbons (Fsp3) is 0.417. The summed E-state index contributed by atoms with van der Waals surface area (Å²) in [5.74, 6) is -0.594. The van der Waals surface area contributed by atoms with Crippen LogP contribution in [-0.4, -0.2) is 21.8 Å². The Bertz CT molecular complexity index is 473. The molecule has 0 aliphatic rings. The number of hydrogen-bond acceptors (Lipinski definition) is 4. The van der Waals surface area contributed by atoms with E-state index in [2.05, 4.69) is 20.7 Å². The summed E-state index contributed by atoms with van der Waals surface area (Å²) in [7, 11) is 1.29. The van der Waals surface area contributed by atoms with E-state index < -0.39 is 17.0 Å². The first-order valence-corrected chi connectivity index (χ1v) is 7.49. The van der Waals surface area contributed by atoms with Gasteiger partial charge in [0.25, 0.3) is 0 Å². The molecule has 0 amide bonds. The molecule has 1 rings (SSSR count). The first-order valence-electron chi connectivity index (χ1n) is 5.45. The van der Waals surface area contributed by atoms with Crippen molar-refractivity contribution in [2.75, 3.05) is 7.11 Å². The van der Waals surface area contributed by atoms with Gasteiger partial charge in [0.2, 0.25) is 0 Å². The van der Waals surface area contributed by atoms with Crippen LogP contribution in [-0.2, 0) is 28.0 Å². The van der Waals surface area contributed by atoms with Crippen LogP contribution >= 0.6 is 15.9 Å².